The van der Waals surface area contributed by atoms with Gasteiger partial charge < -0.3 is 19.5 Å². The number of carbonyl (C=O) groups excluding carboxylic acids is 1. The normalized spacial score (nSPS) is 25.3. The molecule has 0 radical (unpaired) electrons. The topological polar surface area (TPSA) is 89.0 Å². The zero-order chi connectivity index (χ0) is 22.6. The van der Waals surface area contributed by atoms with Crippen molar-refractivity contribution in [3.8, 4) is 5.88 Å². The Morgan fingerprint density at radius 3 is 2.65 bits per heavy atom. The van der Waals surface area contributed by atoms with Crippen molar-refractivity contribution in [2.45, 2.75) is 44.4 Å². The Labute approximate surface area is 176 Å². The van der Waals surface area contributed by atoms with Crippen LogP contribution in [0.4, 0.5) is 17.6 Å². The number of amides is 1. The highest BCUT2D eigenvalue weighted by Crippen LogP contribution is 2.42. The number of piperidine rings is 1. The largest absolute Gasteiger partial charge is 0.490 e. The van der Waals surface area contributed by atoms with Crippen molar-refractivity contribution >= 4 is 11.9 Å². The van der Waals surface area contributed by atoms with Crippen molar-refractivity contribution in [1.82, 2.24) is 9.88 Å². The summed E-state index contributed by atoms with van der Waals surface area (Å²) in [4.78, 5) is 27.3. The predicted octanol–water partition coefficient (Wildman–Crippen LogP) is 3.04. The molecule has 3 aliphatic rings. The zero-order valence-electron chi connectivity index (χ0n) is 16.7. The van der Waals surface area contributed by atoms with E-state index in [0.717, 1.165) is 19.4 Å². The molecule has 7 nitrogen and oxygen atoms in total. The minimum Gasteiger partial charge on any atom is -0.475 e. The number of carbonyl (C=O) groups is 2. The minimum atomic E-state index is -5.08. The maximum atomic E-state index is 13.8. The summed E-state index contributed by atoms with van der Waals surface area (Å²) in [7, 11) is 0. The van der Waals surface area contributed by atoms with E-state index in [0.29, 0.717) is 32.1 Å². The highest BCUT2D eigenvalue weighted by molar-refractivity contribution is 5.77. The van der Waals surface area contributed by atoms with Gasteiger partial charge in [-0.25, -0.2) is 14.2 Å². The number of halogens is 4. The van der Waals surface area contributed by atoms with Crippen molar-refractivity contribution < 1.29 is 41.7 Å². The molecule has 1 aliphatic carbocycles. The summed E-state index contributed by atoms with van der Waals surface area (Å²) in [6, 6.07) is 2.88. The van der Waals surface area contributed by atoms with E-state index < -0.39 is 18.0 Å². The Balaban J connectivity index is 0.000000339. The van der Waals surface area contributed by atoms with E-state index in [4.69, 9.17) is 19.4 Å². The van der Waals surface area contributed by atoms with Crippen LogP contribution < -0.4 is 4.74 Å². The third-order valence-electron chi connectivity index (χ3n) is 5.75. The summed E-state index contributed by atoms with van der Waals surface area (Å²) in [6.07, 6.45) is 1.19. The Morgan fingerprint density at radius 1 is 1.32 bits per heavy atom. The SMILES string of the molecule is O=C(CC1CC1)N1CC[C@H]2OCC[C@@]2(COc2ncccc2F)C1.O=C(O)C(F)(F)F. The fourth-order valence-electron chi connectivity index (χ4n) is 3.86. The van der Waals surface area contributed by atoms with Crippen molar-refractivity contribution in [1.29, 1.82) is 0 Å². The molecule has 3 heterocycles. The lowest BCUT2D eigenvalue weighted by Gasteiger charge is -2.43. The van der Waals surface area contributed by atoms with Gasteiger partial charge in [0.1, 0.15) is 0 Å². The van der Waals surface area contributed by atoms with Gasteiger partial charge in [0, 0.05) is 32.3 Å². The van der Waals surface area contributed by atoms with Crippen LogP contribution in [0.2, 0.25) is 0 Å². The number of pyridine rings is 1. The van der Waals surface area contributed by atoms with Crippen LogP contribution in [0.5, 0.6) is 5.88 Å². The van der Waals surface area contributed by atoms with Crippen LogP contribution in [-0.2, 0) is 14.3 Å². The fourth-order valence-corrected chi connectivity index (χ4v) is 3.86. The number of ether oxygens (including phenoxy) is 2. The lowest BCUT2D eigenvalue weighted by molar-refractivity contribution is -0.192. The lowest BCUT2D eigenvalue weighted by atomic mass is 9.77. The first-order valence-electron chi connectivity index (χ1n) is 10.0. The summed E-state index contributed by atoms with van der Waals surface area (Å²) in [5, 5.41) is 7.12. The van der Waals surface area contributed by atoms with E-state index in [1.165, 1.54) is 25.1 Å². The summed E-state index contributed by atoms with van der Waals surface area (Å²) < 4.78 is 57.1. The molecule has 1 amide bonds. The molecule has 172 valence electrons. The number of nitrogens with zero attached hydrogens (tertiary/aromatic N) is 2. The molecule has 2 aliphatic heterocycles. The van der Waals surface area contributed by atoms with E-state index in [1.54, 1.807) is 6.07 Å². The van der Waals surface area contributed by atoms with E-state index in [-0.39, 0.29) is 23.3 Å². The standard InChI is InChI=1S/C18H23FN2O3.C2HF3O2/c19-14-2-1-7-20-17(14)24-12-18-6-9-23-15(18)5-8-21(11-18)16(22)10-13-3-4-13;3-2(4,5)1(6)7/h1-2,7,13,15H,3-6,8-12H2;(H,6,7)/t15-,18+;/m1./s1. The number of rotatable bonds is 5. The second kappa shape index (κ2) is 9.37. The first-order valence-corrected chi connectivity index (χ1v) is 10.0. The number of aliphatic carboxylic acids is 1. The monoisotopic (exact) mass is 448 g/mol. The van der Waals surface area contributed by atoms with Crippen molar-refractivity contribution in [3.63, 3.8) is 0 Å². The van der Waals surface area contributed by atoms with Crippen LogP contribution in [0.15, 0.2) is 18.3 Å². The molecule has 1 aromatic rings. The molecule has 1 saturated carbocycles. The van der Waals surface area contributed by atoms with Gasteiger partial charge >= 0.3 is 12.1 Å². The molecule has 0 bridgehead atoms. The van der Waals surface area contributed by atoms with Gasteiger partial charge in [-0.05, 0) is 43.7 Å². The Bertz CT molecular complexity index is 802. The van der Waals surface area contributed by atoms with Gasteiger partial charge in [-0.2, -0.15) is 13.2 Å². The number of fused-ring (bicyclic) bond motifs is 1. The van der Waals surface area contributed by atoms with Crippen LogP contribution >= 0.6 is 0 Å². The van der Waals surface area contributed by atoms with Crippen molar-refractivity contribution in [2.75, 3.05) is 26.3 Å². The zero-order valence-corrected chi connectivity index (χ0v) is 16.7. The second-order valence-corrected chi connectivity index (χ2v) is 8.11. The van der Waals surface area contributed by atoms with Crippen molar-refractivity contribution in [2.24, 2.45) is 11.3 Å². The smallest absolute Gasteiger partial charge is 0.475 e. The maximum absolute atomic E-state index is 13.8. The average Bonchev–Trinajstić information content (AvgIpc) is 3.42. The Hall–Kier alpha value is -2.43. The molecule has 0 aromatic carbocycles. The van der Waals surface area contributed by atoms with Gasteiger partial charge in [-0.15, -0.1) is 0 Å². The van der Waals surface area contributed by atoms with Crippen LogP contribution in [0.25, 0.3) is 0 Å². The van der Waals surface area contributed by atoms with Crippen LogP contribution in [0.1, 0.15) is 32.1 Å². The van der Waals surface area contributed by atoms with Gasteiger partial charge in [0.2, 0.25) is 11.8 Å². The molecule has 1 aromatic heterocycles. The third-order valence-corrected chi connectivity index (χ3v) is 5.75. The van der Waals surface area contributed by atoms with Gasteiger partial charge in [-0.3, -0.25) is 4.79 Å². The molecule has 3 fully saturated rings. The number of alkyl halides is 3. The molecule has 11 heteroatoms. The molecule has 31 heavy (non-hydrogen) atoms. The van der Waals surface area contributed by atoms with Gasteiger partial charge in [0.25, 0.3) is 0 Å². The first-order chi connectivity index (χ1) is 14.6. The molecule has 2 atom stereocenters. The first kappa shape index (κ1) is 23.2. The number of aromatic nitrogens is 1. The highest BCUT2D eigenvalue weighted by atomic mass is 19.4. The molecular formula is C20H24F4N2O5. The Morgan fingerprint density at radius 2 is 2.03 bits per heavy atom. The van der Waals surface area contributed by atoms with Crippen LogP contribution in [0.3, 0.4) is 0 Å². The van der Waals surface area contributed by atoms with Crippen LogP contribution in [-0.4, -0.2) is 65.5 Å². The predicted molar refractivity (Wildman–Crippen MR) is 98.7 cm³/mol. The van der Waals surface area contributed by atoms with Crippen molar-refractivity contribution in [3.05, 3.63) is 24.1 Å². The summed E-state index contributed by atoms with van der Waals surface area (Å²) in [5.74, 6) is -2.36. The van der Waals surface area contributed by atoms with E-state index in [1.807, 2.05) is 4.90 Å². The van der Waals surface area contributed by atoms with E-state index >= 15 is 0 Å². The lowest BCUT2D eigenvalue weighted by Crippen LogP contribution is -2.54. The van der Waals surface area contributed by atoms with E-state index in [9.17, 15) is 22.4 Å². The van der Waals surface area contributed by atoms with Crippen LogP contribution in [0, 0.1) is 17.2 Å². The fraction of sp³-hybridized carbons (Fsp3) is 0.650. The van der Waals surface area contributed by atoms with Gasteiger partial charge in [0.05, 0.1) is 18.1 Å². The summed E-state index contributed by atoms with van der Waals surface area (Å²) in [5.41, 5.74) is -0.249. The highest BCUT2D eigenvalue weighted by Gasteiger charge is 2.50. The number of hydrogen-bond donors (Lipinski definition) is 1. The number of carboxylic acid groups (broad SMARTS) is 1. The molecule has 4 rings (SSSR count). The quantitative estimate of drug-likeness (QED) is 0.697. The van der Waals surface area contributed by atoms with Gasteiger partial charge in [0.15, 0.2) is 5.82 Å². The summed E-state index contributed by atoms with van der Waals surface area (Å²) in [6.45, 7) is 2.38. The maximum Gasteiger partial charge on any atom is 0.490 e. The van der Waals surface area contributed by atoms with Gasteiger partial charge in [-0.1, -0.05) is 0 Å². The number of carboxylic acids is 1. The average molecular weight is 448 g/mol. The Kier molecular flexibility index (Phi) is 7.03. The molecule has 0 unspecified atom stereocenters. The number of likely N-dealkylation sites (tertiary alicyclic amines) is 1. The molecular weight excluding hydrogens is 424 g/mol. The second-order valence-electron chi connectivity index (χ2n) is 8.11. The molecule has 0 spiro atoms. The minimum absolute atomic E-state index is 0.0268. The number of hydrogen-bond acceptors (Lipinski definition) is 5. The van der Waals surface area contributed by atoms with E-state index in [2.05, 4.69) is 4.98 Å². The third kappa shape index (κ3) is 6.05. The summed E-state index contributed by atoms with van der Waals surface area (Å²) >= 11 is 0. The molecule has 1 N–H and O–H groups in total. The molecule has 2 saturated heterocycles.